The van der Waals surface area contributed by atoms with Crippen LogP contribution in [-0.4, -0.2) is 21.8 Å². The molecule has 0 unspecified atom stereocenters. The average molecular weight is 395 g/mol. The van der Waals surface area contributed by atoms with Crippen molar-refractivity contribution in [1.29, 1.82) is 0 Å². The highest BCUT2D eigenvalue weighted by molar-refractivity contribution is 9.12. The number of hydrogen-bond acceptors (Lipinski definition) is 4. The van der Waals surface area contributed by atoms with E-state index in [0.29, 0.717) is 6.61 Å². The first-order valence-electron chi connectivity index (χ1n) is 5.55. The van der Waals surface area contributed by atoms with E-state index in [4.69, 9.17) is 4.74 Å². The molecule has 0 aromatic heterocycles. The van der Waals surface area contributed by atoms with Crippen molar-refractivity contribution in [3.8, 4) is 0 Å². The summed E-state index contributed by atoms with van der Waals surface area (Å²) in [6.07, 6.45) is 0. The number of esters is 1. The fourth-order valence-corrected chi connectivity index (χ4v) is 2.32. The van der Waals surface area contributed by atoms with Gasteiger partial charge in [-0.1, -0.05) is 44.0 Å². The lowest BCUT2D eigenvalue weighted by atomic mass is 10.0. The van der Waals surface area contributed by atoms with Crippen molar-refractivity contribution in [2.24, 2.45) is 0 Å². The first-order chi connectivity index (χ1) is 8.80. The summed E-state index contributed by atoms with van der Waals surface area (Å²) in [5.41, 5.74) is 0.758. The number of carbonyl (C=O) groups excluding carboxylic acids is 1. The van der Waals surface area contributed by atoms with Crippen molar-refractivity contribution in [3.63, 3.8) is 0 Å². The van der Waals surface area contributed by atoms with E-state index in [1.165, 1.54) is 12.1 Å². The topological polar surface area (TPSA) is 69.4 Å². The molecule has 0 fully saturated rings. The Kier molecular flexibility index (Phi) is 5.49. The number of non-ortho nitro benzene ring substituents is 1. The highest BCUT2D eigenvalue weighted by atomic mass is 79.9. The van der Waals surface area contributed by atoms with E-state index in [2.05, 4.69) is 31.9 Å². The van der Waals surface area contributed by atoms with E-state index < -0.39 is 15.2 Å². The number of benzene rings is 1. The minimum absolute atomic E-state index is 0.0101. The molecular formula is C12H13Br2NO4. The summed E-state index contributed by atoms with van der Waals surface area (Å²) < 4.78 is 4.04. The molecule has 0 aliphatic carbocycles. The molecule has 0 N–H and O–H groups in total. The van der Waals surface area contributed by atoms with E-state index in [9.17, 15) is 14.9 Å². The molecule has 1 aromatic rings. The summed E-state index contributed by atoms with van der Waals surface area (Å²) in [7, 11) is 0. The van der Waals surface area contributed by atoms with Gasteiger partial charge in [0.15, 0.2) is 0 Å². The smallest absolute Gasteiger partial charge is 0.324 e. The second-order valence-corrected chi connectivity index (χ2v) is 6.57. The molecule has 1 aromatic carbocycles. The third kappa shape index (κ3) is 3.76. The number of carbonyl (C=O) groups is 1. The SMILES string of the molecule is CCOC(=O)[C@](C)(Br)[C@H](Br)c1ccc([N+](=O)[O-])cc1. The predicted molar refractivity (Wildman–Crippen MR) is 78.7 cm³/mol. The van der Waals surface area contributed by atoms with Crippen LogP contribution in [0.1, 0.15) is 24.2 Å². The van der Waals surface area contributed by atoms with E-state index in [1.807, 2.05) is 0 Å². The van der Waals surface area contributed by atoms with Crippen LogP contribution in [0.25, 0.3) is 0 Å². The fraction of sp³-hybridized carbons (Fsp3) is 0.417. The number of alkyl halides is 2. The second kappa shape index (κ2) is 6.47. The molecule has 0 aliphatic heterocycles. The van der Waals surface area contributed by atoms with Crippen LogP contribution in [0.2, 0.25) is 0 Å². The fourth-order valence-electron chi connectivity index (χ4n) is 1.45. The third-order valence-electron chi connectivity index (χ3n) is 2.55. The normalized spacial score (nSPS) is 15.4. The average Bonchev–Trinajstić information content (AvgIpc) is 2.38. The number of ether oxygens (including phenoxy) is 1. The van der Waals surface area contributed by atoms with Crippen LogP contribution in [-0.2, 0) is 9.53 Å². The molecule has 104 valence electrons. The van der Waals surface area contributed by atoms with Gasteiger partial charge in [0.1, 0.15) is 4.32 Å². The zero-order chi connectivity index (χ0) is 14.6. The number of nitro benzene ring substituents is 1. The molecule has 0 aliphatic rings. The molecule has 0 radical (unpaired) electrons. The predicted octanol–water partition coefficient (Wildman–Crippen LogP) is 3.75. The zero-order valence-electron chi connectivity index (χ0n) is 10.4. The van der Waals surface area contributed by atoms with Gasteiger partial charge in [-0.25, -0.2) is 0 Å². The second-order valence-electron chi connectivity index (χ2n) is 4.01. The summed E-state index contributed by atoms with van der Waals surface area (Å²) in [6, 6.07) is 6.02. The Bertz CT molecular complexity index is 473. The standard InChI is InChI=1S/C12H13Br2NO4/c1-3-19-11(16)12(2,14)10(13)8-4-6-9(7-5-8)15(17)18/h4-7,10H,3H2,1-2H3/t10-,12-/m1/s1. The van der Waals surface area contributed by atoms with Crippen molar-refractivity contribution < 1.29 is 14.5 Å². The van der Waals surface area contributed by atoms with E-state index in [0.717, 1.165) is 5.56 Å². The molecule has 5 nitrogen and oxygen atoms in total. The van der Waals surface area contributed by atoms with E-state index >= 15 is 0 Å². The minimum atomic E-state index is -0.945. The Morgan fingerprint density at radius 3 is 2.42 bits per heavy atom. The van der Waals surface area contributed by atoms with Crippen molar-refractivity contribution in [2.45, 2.75) is 23.0 Å². The summed E-state index contributed by atoms with van der Waals surface area (Å²) in [5.74, 6) is -0.393. The van der Waals surface area contributed by atoms with Crippen LogP contribution in [0.5, 0.6) is 0 Å². The Morgan fingerprint density at radius 1 is 1.47 bits per heavy atom. The first kappa shape index (κ1) is 16.1. The number of halogens is 2. The zero-order valence-corrected chi connectivity index (χ0v) is 13.6. The van der Waals surface area contributed by atoms with Crippen LogP contribution >= 0.6 is 31.9 Å². The molecule has 1 rings (SSSR count). The Balaban J connectivity index is 2.95. The lowest BCUT2D eigenvalue weighted by molar-refractivity contribution is -0.384. The molecule has 0 heterocycles. The van der Waals surface area contributed by atoms with Crippen molar-refractivity contribution in [1.82, 2.24) is 0 Å². The molecule has 0 saturated heterocycles. The van der Waals surface area contributed by atoms with Crippen LogP contribution in [0, 0.1) is 10.1 Å². The van der Waals surface area contributed by atoms with Gasteiger partial charge in [-0.05, 0) is 19.4 Å². The Morgan fingerprint density at radius 2 is 2.00 bits per heavy atom. The van der Waals surface area contributed by atoms with E-state index in [-0.39, 0.29) is 10.5 Å². The molecule has 19 heavy (non-hydrogen) atoms. The molecular weight excluding hydrogens is 382 g/mol. The van der Waals surface area contributed by atoms with Crippen LogP contribution < -0.4 is 0 Å². The van der Waals surface area contributed by atoms with Gasteiger partial charge < -0.3 is 4.74 Å². The lowest BCUT2D eigenvalue weighted by Gasteiger charge is -2.26. The summed E-state index contributed by atoms with van der Waals surface area (Å²) in [4.78, 5) is 21.6. The van der Waals surface area contributed by atoms with Gasteiger partial charge in [0, 0.05) is 12.1 Å². The van der Waals surface area contributed by atoms with Gasteiger partial charge in [-0.3, -0.25) is 14.9 Å². The summed E-state index contributed by atoms with van der Waals surface area (Å²) in [5, 5.41) is 10.6. The molecule has 0 saturated carbocycles. The molecule has 0 amide bonds. The molecule has 7 heteroatoms. The van der Waals surface area contributed by atoms with E-state index in [1.54, 1.807) is 26.0 Å². The maximum Gasteiger partial charge on any atom is 0.324 e. The third-order valence-corrected chi connectivity index (χ3v) is 5.39. The molecule has 2 atom stereocenters. The maximum atomic E-state index is 11.8. The Labute approximate surface area is 127 Å². The van der Waals surface area contributed by atoms with Crippen LogP contribution in [0.4, 0.5) is 5.69 Å². The molecule has 0 bridgehead atoms. The van der Waals surface area contributed by atoms with Crippen molar-refractivity contribution in [3.05, 3.63) is 39.9 Å². The van der Waals surface area contributed by atoms with Gasteiger partial charge in [-0.15, -0.1) is 0 Å². The summed E-state index contributed by atoms with van der Waals surface area (Å²) in [6.45, 7) is 3.71. The Hall–Kier alpha value is -0.950. The maximum absolute atomic E-state index is 11.8. The van der Waals surface area contributed by atoms with Crippen LogP contribution in [0.15, 0.2) is 24.3 Å². The number of nitro groups is 1. The minimum Gasteiger partial charge on any atom is -0.465 e. The number of hydrogen-bond donors (Lipinski definition) is 0. The van der Waals surface area contributed by atoms with Crippen molar-refractivity contribution in [2.75, 3.05) is 6.61 Å². The highest BCUT2D eigenvalue weighted by Crippen LogP contribution is 2.41. The first-order valence-corrected chi connectivity index (χ1v) is 7.26. The van der Waals surface area contributed by atoms with Gasteiger partial charge >= 0.3 is 5.97 Å². The molecule has 0 spiro atoms. The monoisotopic (exact) mass is 393 g/mol. The summed E-state index contributed by atoms with van der Waals surface area (Å²) >= 11 is 6.76. The largest absolute Gasteiger partial charge is 0.465 e. The van der Waals surface area contributed by atoms with Crippen LogP contribution in [0.3, 0.4) is 0 Å². The van der Waals surface area contributed by atoms with Gasteiger partial charge in [-0.2, -0.15) is 0 Å². The quantitative estimate of drug-likeness (QED) is 0.330. The van der Waals surface area contributed by atoms with Crippen molar-refractivity contribution >= 4 is 43.5 Å². The van der Waals surface area contributed by atoms with Gasteiger partial charge in [0.05, 0.1) is 16.4 Å². The lowest BCUT2D eigenvalue weighted by Crippen LogP contribution is -2.34. The number of nitrogens with zero attached hydrogens (tertiary/aromatic N) is 1. The highest BCUT2D eigenvalue weighted by Gasteiger charge is 2.40. The van der Waals surface area contributed by atoms with Gasteiger partial charge in [0.25, 0.3) is 5.69 Å². The van der Waals surface area contributed by atoms with Gasteiger partial charge in [0.2, 0.25) is 0 Å². The number of rotatable bonds is 5.